The second kappa shape index (κ2) is 8.76. The van der Waals surface area contributed by atoms with E-state index in [1.54, 1.807) is 0 Å². The average Bonchev–Trinajstić information content (AvgIpc) is 2.74. The first-order valence-corrected chi connectivity index (χ1v) is 7.74. The predicted octanol–water partition coefficient (Wildman–Crippen LogP) is 1.83. The van der Waals surface area contributed by atoms with Crippen molar-refractivity contribution in [3.05, 3.63) is 5.56 Å². The summed E-state index contributed by atoms with van der Waals surface area (Å²) in [5.74, 6) is 0.0879. The Labute approximate surface area is 123 Å². The summed E-state index contributed by atoms with van der Waals surface area (Å²) in [4.78, 5) is 12.0. The summed E-state index contributed by atoms with van der Waals surface area (Å²) in [6, 6.07) is 0.0631. The van der Waals surface area contributed by atoms with Crippen LogP contribution in [0.3, 0.4) is 0 Å². The molecule has 0 saturated heterocycles. The molecule has 0 saturated carbocycles. The van der Waals surface area contributed by atoms with E-state index in [1.807, 2.05) is 13.8 Å². The second-order valence-electron chi connectivity index (χ2n) is 4.96. The molecular weight excluding hydrogens is 276 g/mol. The minimum Gasteiger partial charge on any atom is -0.396 e. The van der Waals surface area contributed by atoms with Crippen LogP contribution in [0.15, 0.2) is 0 Å². The maximum absolute atomic E-state index is 12.0. The van der Waals surface area contributed by atoms with E-state index in [1.165, 1.54) is 11.5 Å². The highest BCUT2D eigenvalue weighted by Gasteiger charge is 2.19. The van der Waals surface area contributed by atoms with Crippen molar-refractivity contribution in [2.24, 2.45) is 0 Å². The minimum absolute atomic E-state index is 0.0631. The molecule has 1 amide bonds. The summed E-state index contributed by atoms with van der Waals surface area (Å²) < 4.78 is 4.04. The molecular formula is C13H24N4O2S. The van der Waals surface area contributed by atoms with E-state index in [2.05, 4.69) is 15.0 Å². The van der Waals surface area contributed by atoms with Gasteiger partial charge in [-0.15, -0.1) is 0 Å². The normalized spacial score (nSPS) is 10.8. The number of nitrogen functional groups attached to an aromatic ring is 1. The lowest BCUT2D eigenvalue weighted by atomic mass is 10.2. The number of aliphatic hydroxyl groups is 1. The Morgan fingerprint density at radius 2 is 2.05 bits per heavy atom. The number of aromatic nitrogens is 1. The minimum atomic E-state index is -0.186. The van der Waals surface area contributed by atoms with Crippen LogP contribution < -0.4 is 16.4 Å². The molecule has 7 heteroatoms. The van der Waals surface area contributed by atoms with Crippen molar-refractivity contribution < 1.29 is 9.90 Å². The summed E-state index contributed by atoms with van der Waals surface area (Å²) in [6.45, 7) is 4.83. The van der Waals surface area contributed by atoms with Crippen LogP contribution in [0.25, 0.3) is 0 Å². The third-order valence-corrected chi connectivity index (χ3v) is 3.55. The van der Waals surface area contributed by atoms with Crippen LogP contribution in [0.2, 0.25) is 0 Å². The Hall–Kier alpha value is -1.34. The van der Waals surface area contributed by atoms with Gasteiger partial charge < -0.3 is 21.5 Å². The van der Waals surface area contributed by atoms with Gasteiger partial charge in [-0.05, 0) is 38.2 Å². The Morgan fingerprint density at radius 3 is 2.70 bits per heavy atom. The van der Waals surface area contributed by atoms with E-state index in [4.69, 9.17) is 10.8 Å². The molecule has 1 heterocycles. The molecule has 0 unspecified atom stereocenters. The van der Waals surface area contributed by atoms with Gasteiger partial charge in [-0.2, -0.15) is 4.37 Å². The van der Waals surface area contributed by atoms with E-state index < -0.39 is 0 Å². The zero-order valence-electron chi connectivity index (χ0n) is 12.1. The lowest BCUT2D eigenvalue weighted by molar-refractivity contribution is 0.0945. The van der Waals surface area contributed by atoms with Crippen LogP contribution in [0.4, 0.5) is 10.8 Å². The van der Waals surface area contributed by atoms with E-state index in [-0.39, 0.29) is 24.4 Å². The number of nitrogens with zero attached hydrogens (tertiary/aromatic N) is 1. The molecule has 1 aromatic rings. The molecule has 5 N–H and O–H groups in total. The van der Waals surface area contributed by atoms with Crippen molar-refractivity contribution in [3.63, 3.8) is 0 Å². The van der Waals surface area contributed by atoms with Gasteiger partial charge in [-0.1, -0.05) is 12.8 Å². The van der Waals surface area contributed by atoms with Crippen LogP contribution in [0.5, 0.6) is 0 Å². The first kappa shape index (κ1) is 16.7. The zero-order chi connectivity index (χ0) is 15.0. The lowest BCUT2D eigenvalue weighted by Crippen LogP contribution is -2.30. The fourth-order valence-corrected chi connectivity index (χ4v) is 2.51. The van der Waals surface area contributed by atoms with Crippen LogP contribution in [-0.2, 0) is 0 Å². The van der Waals surface area contributed by atoms with E-state index in [9.17, 15) is 4.79 Å². The molecule has 0 aliphatic heterocycles. The molecule has 0 bridgehead atoms. The summed E-state index contributed by atoms with van der Waals surface area (Å²) in [5, 5.41) is 15.5. The molecule has 0 atom stereocenters. The maximum Gasteiger partial charge on any atom is 0.258 e. The fourth-order valence-electron chi connectivity index (χ4n) is 1.77. The van der Waals surface area contributed by atoms with E-state index >= 15 is 0 Å². The first-order valence-electron chi connectivity index (χ1n) is 6.97. The smallest absolute Gasteiger partial charge is 0.258 e. The number of hydrogen-bond acceptors (Lipinski definition) is 6. The quantitative estimate of drug-likeness (QED) is 0.521. The maximum atomic E-state index is 12.0. The number of carbonyl (C=O) groups is 1. The first-order chi connectivity index (χ1) is 9.56. The second-order valence-corrected chi connectivity index (χ2v) is 5.74. The highest BCUT2D eigenvalue weighted by atomic mass is 32.1. The topological polar surface area (TPSA) is 100 Å². The number of aliphatic hydroxyl groups excluding tert-OH is 1. The van der Waals surface area contributed by atoms with E-state index in [0.717, 1.165) is 37.2 Å². The Balaban J connectivity index is 2.48. The molecule has 0 aromatic carbocycles. The van der Waals surface area contributed by atoms with Crippen molar-refractivity contribution in [2.45, 2.75) is 45.6 Å². The number of rotatable bonds is 9. The van der Waals surface area contributed by atoms with Gasteiger partial charge in [0.25, 0.3) is 5.91 Å². The number of nitrogens with two attached hydrogens (primary N) is 1. The molecule has 0 radical (unpaired) electrons. The number of carbonyl (C=O) groups excluding carboxylic acids is 1. The molecule has 1 aromatic heterocycles. The highest BCUT2D eigenvalue weighted by molar-refractivity contribution is 7.11. The third-order valence-electron chi connectivity index (χ3n) is 2.74. The van der Waals surface area contributed by atoms with Gasteiger partial charge in [0.05, 0.1) is 0 Å². The molecule has 114 valence electrons. The van der Waals surface area contributed by atoms with Crippen LogP contribution >= 0.6 is 11.5 Å². The fraction of sp³-hybridized carbons (Fsp3) is 0.692. The van der Waals surface area contributed by atoms with Crippen molar-refractivity contribution in [1.29, 1.82) is 0 Å². The average molecular weight is 300 g/mol. The molecule has 1 rings (SSSR count). The standard InChI is InChI=1S/C13H24N4O2S/c1-9(2)16-12(19)10-11(14)17-20-13(10)15-7-5-3-4-6-8-18/h9,15,18H,3-8H2,1-2H3,(H2,14,17)(H,16,19). The number of hydrogen-bond donors (Lipinski definition) is 4. The zero-order valence-corrected chi connectivity index (χ0v) is 12.9. The number of anilines is 2. The molecule has 0 aliphatic rings. The van der Waals surface area contributed by atoms with Gasteiger partial charge in [0, 0.05) is 19.2 Å². The van der Waals surface area contributed by atoms with Crippen LogP contribution in [0, 0.1) is 0 Å². The molecule has 0 spiro atoms. The summed E-state index contributed by atoms with van der Waals surface area (Å²) in [7, 11) is 0. The monoisotopic (exact) mass is 300 g/mol. The Bertz CT molecular complexity index is 421. The van der Waals surface area contributed by atoms with Crippen molar-refractivity contribution in [2.75, 3.05) is 24.2 Å². The van der Waals surface area contributed by atoms with Crippen molar-refractivity contribution in [3.8, 4) is 0 Å². The Kier molecular flexibility index (Phi) is 7.32. The van der Waals surface area contributed by atoms with Gasteiger partial charge in [0.1, 0.15) is 10.6 Å². The SMILES string of the molecule is CC(C)NC(=O)c1c(N)nsc1NCCCCCCO. The highest BCUT2D eigenvalue weighted by Crippen LogP contribution is 2.26. The van der Waals surface area contributed by atoms with Crippen molar-refractivity contribution in [1.82, 2.24) is 9.69 Å². The molecule has 0 aliphatic carbocycles. The van der Waals surface area contributed by atoms with Gasteiger partial charge in [-0.3, -0.25) is 4.79 Å². The Morgan fingerprint density at radius 1 is 1.35 bits per heavy atom. The van der Waals surface area contributed by atoms with Gasteiger partial charge in [0.15, 0.2) is 5.82 Å². The molecule has 20 heavy (non-hydrogen) atoms. The van der Waals surface area contributed by atoms with Crippen LogP contribution in [-0.4, -0.2) is 34.6 Å². The van der Waals surface area contributed by atoms with Crippen molar-refractivity contribution >= 4 is 28.3 Å². The number of unbranched alkanes of at least 4 members (excludes halogenated alkanes) is 3. The third kappa shape index (κ3) is 5.34. The van der Waals surface area contributed by atoms with Gasteiger partial charge in [0.2, 0.25) is 0 Å². The lowest BCUT2D eigenvalue weighted by Gasteiger charge is -2.10. The van der Waals surface area contributed by atoms with Crippen LogP contribution in [0.1, 0.15) is 49.9 Å². The predicted molar refractivity (Wildman–Crippen MR) is 83.2 cm³/mol. The van der Waals surface area contributed by atoms with Gasteiger partial charge in [-0.25, -0.2) is 0 Å². The molecule has 6 nitrogen and oxygen atoms in total. The number of amides is 1. The summed E-state index contributed by atoms with van der Waals surface area (Å²) in [6.07, 6.45) is 3.90. The molecule has 0 fully saturated rings. The summed E-state index contributed by atoms with van der Waals surface area (Å²) >= 11 is 1.21. The summed E-state index contributed by atoms with van der Waals surface area (Å²) in [5.41, 5.74) is 6.20. The van der Waals surface area contributed by atoms with E-state index in [0.29, 0.717) is 5.56 Å². The largest absolute Gasteiger partial charge is 0.396 e. The number of nitrogens with one attached hydrogen (secondary N) is 2. The van der Waals surface area contributed by atoms with Gasteiger partial charge >= 0.3 is 0 Å².